The van der Waals surface area contributed by atoms with E-state index in [1.54, 1.807) is 22.7 Å². The Balaban J connectivity index is 2.68. The lowest BCUT2D eigenvalue weighted by atomic mass is 10.3. The Kier molecular flexibility index (Phi) is 4.41. The van der Waals surface area contributed by atoms with E-state index < -0.39 is 0 Å². The van der Waals surface area contributed by atoms with Crippen molar-refractivity contribution in [3.05, 3.63) is 27.6 Å². The van der Waals surface area contributed by atoms with Crippen molar-refractivity contribution in [1.82, 2.24) is 0 Å². The van der Waals surface area contributed by atoms with Crippen LogP contribution in [0.2, 0.25) is 0 Å². The van der Waals surface area contributed by atoms with E-state index in [0.29, 0.717) is 0 Å². The van der Waals surface area contributed by atoms with Crippen molar-refractivity contribution in [2.75, 3.05) is 0 Å². The van der Waals surface area contributed by atoms with Crippen LogP contribution in [0, 0.1) is 13.8 Å². The predicted octanol–water partition coefficient (Wildman–Crippen LogP) is 7.14. The summed E-state index contributed by atoms with van der Waals surface area (Å²) in [5.74, 6) is 0. The zero-order valence-corrected chi connectivity index (χ0v) is 16.3. The van der Waals surface area contributed by atoms with E-state index in [2.05, 4.69) is 77.6 Å². The van der Waals surface area contributed by atoms with Gasteiger partial charge in [-0.25, -0.2) is 0 Å². The molecule has 16 heavy (non-hydrogen) atoms. The molecule has 6 heteroatoms. The van der Waals surface area contributed by atoms with Gasteiger partial charge in [0.05, 0.1) is 18.7 Å². The maximum atomic E-state index is 3.64. The molecule has 0 unspecified atom stereocenters. The normalized spacial score (nSPS) is 11.1. The van der Waals surface area contributed by atoms with Gasteiger partial charge in [-0.05, 0) is 77.6 Å². The first-order chi connectivity index (χ1) is 7.43. The van der Waals surface area contributed by atoms with Crippen LogP contribution in [0.25, 0.3) is 9.75 Å². The Bertz CT molecular complexity index is 503. The topological polar surface area (TPSA) is 0 Å². The SMILES string of the molecule is Cc1sc(-c2sc(C)c(Br)c2Br)c(Br)c1Br. The molecule has 0 radical (unpaired) electrons. The van der Waals surface area contributed by atoms with Crippen LogP contribution in [0.15, 0.2) is 17.9 Å². The summed E-state index contributed by atoms with van der Waals surface area (Å²) in [4.78, 5) is 5.12. The van der Waals surface area contributed by atoms with Gasteiger partial charge in [0, 0.05) is 18.7 Å². The lowest BCUT2D eigenvalue weighted by molar-refractivity contribution is 1.56. The lowest BCUT2D eigenvalue weighted by Gasteiger charge is -1.95. The summed E-state index contributed by atoms with van der Waals surface area (Å²) in [6.07, 6.45) is 0. The first-order valence-corrected chi connectivity index (χ1v) is 9.13. The smallest absolute Gasteiger partial charge is 0.0611 e. The van der Waals surface area contributed by atoms with Crippen LogP contribution in [0.1, 0.15) is 9.75 Å². The second-order valence-electron chi connectivity index (χ2n) is 3.23. The summed E-state index contributed by atoms with van der Waals surface area (Å²) in [6, 6.07) is 0. The minimum absolute atomic E-state index is 1.14. The van der Waals surface area contributed by atoms with Crippen molar-refractivity contribution in [3.8, 4) is 9.75 Å². The summed E-state index contributed by atoms with van der Waals surface area (Å²) in [5, 5.41) is 0. The standard InChI is InChI=1S/C10H6Br4S2/c1-3-5(11)7(13)9(15-3)10-8(14)6(12)4(2)16-10/h1-2H3. The molecule has 2 rings (SSSR count). The third-order valence-corrected chi connectivity index (χ3v) is 10.2. The third kappa shape index (κ3) is 2.26. The molecule has 0 amide bonds. The number of aryl methyl sites for hydroxylation is 2. The Labute approximate surface area is 136 Å². The monoisotopic (exact) mass is 506 g/mol. The molecular formula is C10H6Br4S2. The van der Waals surface area contributed by atoms with Crippen molar-refractivity contribution in [1.29, 1.82) is 0 Å². The van der Waals surface area contributed by atoms with E-state index in [4.69, 9.17) is 0 Å². The van der Waals surface area contributed by atoms with Crippen molar-refractivity contribution in [2.45, 2.75) is 13.8 Å². The maximum absolute atomic E-state index is 3.64. The fourth-order valence-corrected chi connectivity index (χ4v) is 6.45. The fraction of sp³-hybridized carbons (Fsp3) is 0.200. The van der Waals surface area contributed by atoms with Gasteiger partial charge in [0.2, 0.25) is 0 Å². The summed E-state index contributed by atoms with van der Waals surface area (Å²) in [7, 11) is 0. The minimum atomic E-state index is 1.14. The average Bonchev–Trinajstić information content (AvgIpc) is 2.64. The van der Waals surface area contributed by atoms with Gasteiger partial charge in [0.15, 0.2) is 0 Å². The fourth-order valence-electron chi connectivity index (χ4n) is 1.29. The van der Waals surface area contributed by atoms with Gasteiger partial charge in [-0.2, -0.15) is 0 Å². The van der Waals surface area contributed by atoms with Crippen molar-refractivity contribution < 1.29 is 0 Å². The van der Waals surface area contributed by atoms with Crippen LogP contribution in [-0.4, -0.2) is 0 Å². The van der Waals surface area contributed by atoms with Crippen LogP contribution in [0.3, 0.4) is 0 Å². The van der Waals surface area contributed by atoms with Gasteiger partial charge in [0.1, 0.15) is 0 Å². The second-order valence-corrected chi connectivity index (χ2v) is 8.85. The molecule has 86 valence electrons. The van der Waals surface area contributed by atoms with Crippen LogP contribution >= 0.6 is 86.4 Å². The number of halogens is 4. The Morgan fingerprint density at radius 1 is 0.625 bits per heavy atom. The molecule has 0 nitrogen and oxygen atoms in total. The van der Waals surface area contributed by atoms with Gasteiger partial charge in [-0.3, -0.25) is 0 Å². The molecule has 0 saturated heterocycles. The highest BCUT2D eigenvalue weighted by atomic mass is 79.9. The van der Waals surface area contributed by atoms with Gasteiger partial charge >= 0.3 is 0 Å². The first-order valence-electron chi connectivity index (χ1n) is 4.32. The van der Waals surface area contributed by atoms with Crippen LogP contribution in [0.5, 0.6) is 0 Å². The van der Waals surface area contributed by atoms with E-state index in [1.165, 1.54) is 19.5 Å². The van der Waals surface area contributed by atoms with E-state index in [-0.39, 0.29) is 0 Å². The largest absolute Gasteiger partial charge is 0.137 e. The molecule has 0 aliphatic heterocycles. The quantitative estimate of drug-likeness (QED) is 0.383. The second kappa shape index (κ2) is 5.13. The van der Waals surface area contributed by atoms with Crippen molar-refractivity contribution >= 4 is 86.4 Å². The number of hydrogen-bond donors (Lipinski definition) is 0. The zero-order chi connectivity index (χ0) is 12.0. The van der Waals surface area contributed by atoms with Crippen LogP contribution in [-0.2, 0) is 0 Å². The molecular weight excluding hydrogens is 504 g/mol. The molecule has 0 fully saturated rings. The number of hydrogen-bond acceptors (Lipinski definition) is 2. The lowest BCUT2D eigenvalue weighted by Crippen LogP contribution is -1.68. The van der Waals surface area contributed by atoms with Crippen LogP contribution < -0.4 is 0 Å². The third-order valence-electron chi connectivity index (χ3n) is 2.12. The summed E-state index contributed by atoms with van der Waals surface area (Å²) >= 11 is 18.0. The van der Waals surface area contributed by atoms with Gasteiger partial charge in [-0.1, -0.05) is 0 Å². The van der Waals surface area contributed by atoms with E-state index in [1.807, 2.05) is 0 Å². The van der Waals surface area contributed by atoms with Crippen LogP contribution in [0.4, 0.5) is 0 Å². The number of thiophene rings is 2. The minimum Gasteiger partial charge on any atom is -0.137 e. The maximum Gasteiger partial charge on any atom is 0.0611 e. The predicted molar refractivity (Wildman–Crippen MR) is 87.9 cm³/mol. The highest BCUT2D eigenvalue weighted by Gasteiger charge is 2.19. The molecule has 2 aromatic heterocycles. The van der Waals surface area contributed by atoms with E-state index >= 15 is 0 Å². The molecule has 0 aliphatic rings. The van der Waals surface area contributed by atoms with Gasteiger partial charge in [-0.15, -0.1) is 22.7 Å². The van der Waals surface area contributed by atoms with E-state index in [0.717, 1.165) is 17.9 Å². The molecule has 0 N–H and O–H groups in total. The molecule has 2 aromatic rings. The molecule has 0 atom stereocenters. The van der Waals surface area contributed by atoms with Gasteiger partial charge < -0.3 is 0 Å². The Morgan fingerprint density at radius 2 is 0.938 bits per heavy atom. The highest BCUT2D eigenvalue weighted by molar-refractivity contribution is 9.13. The number of rotatable bonds is 1. The molecule has 0 aliphatic carbocycles. The zero-order valence-electron chi connectivity index (χ0n) is 8.33. The summed E-state index contributed by atoms with van der Waals surface area (Å²) < 4.78 is 4.59. The Hall–Kier alpha value is 1.32. The average molecular weight is 510 g/mol. The summed E-state index contributed by atoms with van der Waals surface area (Å²) in [6.45, 7) is 4.23. The molecule has 0 aromatic carbocycles. The highest BCUT2D eigenvalue weighted by Crippen LogP contribution is 2.50. The van der Waals surface area contributed by atoms with Crippen molar-refractivity contribution in [3.63, 3.8) is 0 Å². The Morgan fingerprint density at radius 3 is 1.12 bits per heavy atom. The van der Waals surface area contributed by atoms with E-state index in [9.17, 15) is 0 Å². The molecule has 0 bridgehead atoms. The molecule has 0 saturated carbocycles. The molecule has 2 heterocycles. The summed E-state index contributed by atoms with van der Waals surface area (Å²) in [5.41, 5.74) is 0. The molecule has 0 spiro atoms. The van der Waals surface area contributed by atoms with Crippen molar-refractivity contribution in [2.24, 2.45) is 0 Å². The van der Waals surface area contributed by atoms with Gasteiger partial charge in [0.25, 0.3) is 0 Å². The first kappa shape index (κ1) is 13.7.